The summed E-state index contributed by atoms with van der Waals surface area (Å²) in [7, 11) is 0. The topological polar surface area (TPSA) is 73.8 Å². The highest BCUT2D eigenvalue weighted by Gasteiger charge is 2.36. The van der Waals surface area contributed by atoms with Crippen molar-refractivity contribution in [3.63, 3.8) is 0 Å². The van der Waals surface area contributed by atoms with E-state index in [0.29, 0.717) is 15.8 Å². The van der Waals surface area contributed by atoms with Crippen molar-refractivity contribution in [3.05, 3.63) is 94.6 Å². The normalized spacial score (nSPS) is 17.0. The zero-order valence-electron chi connectivity index (χ0n) is 17.3. The van der Waals surface area contributed by atoms with E-state index < -0.39 is 5.91 Å². The van der Waals surface area contributed by atoms with Crippen LogP contribution in [0.3, 0.4) is 0 Å². The Bertz CT molecular complexity index is 1350. The number of aliphatic imine (C=N–C) groups is 1. The summed E-state index contributed by atoms with van der Waals surface area (Å²) in [6, 6.07) is 15.8. The van der Waals surface area contributed by atoms with Crippen LogP contribution in [0.1, 0.15) is 22.4 Å². The number of amides is 1. The van der Waals surface area contributed by atoms with Crippen LogP contribution in [-0.2, 0) is 4.79 Å². The van der Waals surface area contributed by atoms with Crippen LogP contribution < -0.4 is 0 Å². The van der Waals surface area contributed by atoms with Crippen LogP contribution in [0.2, 0.25) is 0 Å². The standard InChI is InChI=1S/C24H18FN5OS/c1-14-5-3-6-15(2)20(14)29-12-4-7-18(29)13-19-21(26)30-24(27-22(19)31)32-23(28-30)16-8-10-17(25)11-9-16/h3-13,26H,1-2H3/b19-13-,26-21?. The van der Waals surface area contributed by atoms with Crippen molar-refractivity contribution in [2.45, 2.75) is 13.8 Å². The van der Waals surface area contributed by atoms with Crippen molar-refractivity contribution < 1.29 is 9.18 Å². The van der Waals surface area contributed by atoms with Crippen LogP contribution in [0.5, 0.6) is 0 Å². The van der Waals surface area contributed by atoms with Gasteiger partial charge in [0.15, 0.2) is 5.84 Å². The summed E-state index contributed by atoms with van der Waals surface area (Å²) < 4.78 is 15.3. The van der Waals surface area contributed by atoms with Gasteiger partial charge in [0.25, 0.3) is 5.91 Å². The van der Waals surface area contributed by atoms with Gasteiger partial charge >= 0.3 is 0 Å². The van der Waals surface area contributed by atoms with Crippen LogP contribution in [0.4, 0.5) is 4.39 Å². The minimum atomic E-state index is -0.487. The van der Waals surface area contributed by atoms with E-state index in [0.717, 1.165) is 22.5 Å². The van der Waals surface area contributed by atoms with Crippen molar-refractivity contribution in [1.82, 2.24) is 9.58 Å². The van der Waals surface area contributed by atoms with E-state index in [1.54, 1.807) is 18.2 Å². The third-order valence-corrected chi connectivity index (χ3v) is 6.26. The Kier molecular flexibility index (Phi) is 4.86. The highest BCUT2D eigenvalue weighted by Crippen LogP contribution is 2.31. The van der Waals surface area contributed by atoms with Gasteiger partial charge in [0.1, 0.15) is 10.9 Å². The number of halogens is 1. The predicted octanol–water partition coefficient (Wildman–Crippen LogP) is 4.90. The number of para-hydroxylation sites is 1. The third-order valence-electron chi connectivity index (χ3n) is 5.30. The van der Waals surface area contributed by atoms with Gasteiger partial charge < -0.3 is 4.57 Å². The second-order valence-electron chi connectivity index (χ2n) is 7.48. The second-order valence-corrected chi connectivity index (χ2v) is 8.43. The number of amidine groups is 2. The van der Waals surface area contributed by atoms with E-state index in [4.69, 9.17) is 5.41 Å². The first-order valence-corrected chi connectivity index (χ1v) is 10.7. The number of benzene rings is 2. The molecule has 1 aromatic heterocycles. The number of carbonyl (C=O) groups excluding carboxylic acids is 1. The Hall–Kier alpha value is -3.78. The number of aryl methyl sites for hydroxylation is 2. The number of carbonyl (C=O) groups is 1. The van der Waals surface area contributed by atoms with Crippen LogP contribution in [0, 0.1) is 25.1 Å². The van der Waals surface area contributed by atoms with E-state index in [-0.39, 0.29) is 17.2 Å². The van der Waals surface area contributed by atoms with E-state index in [2.05, 4.69) is 10.1 Å². The van der Waals surface area contributed by atoms with Crippen molar-refractivity contribution in [1.29, 1.82) is 5.41 Å². The molecule has 5 rings (SSSR count). The summed E-state index contributed by atoms with van der Waals surface area (Å²) in [5, 5.41) is 15.3. The average Bonchev–Trinajstić information content (AvgIpc) is 3.39. The first-order chi connectivity index (χ1) is 15.4. The maximum Gasteiger partial charge on any atom is 0.283 e. The first-order valence-electron chi connectivity index (χ1n) is 9.92. The molecular weight excluding hydrogens is 425 g/mol. The Morgan fingerprint density at radius 1 is 1.03 bits per heavy atom. The molecule has 0 atom stereocenters. The van der Waals surface area contributed by atoms with Gasteiger partial charge in [-0.15, -0.1) is 0 Å². The zero-order valence-corrected chi connectivity index (χ0v) is 18.2. The lowest BCUT2D eigenvalue weighted by molar-refractivity contribution is -0.114. The van der Waals surface area contributed by atoms with Crippen molar-refractivity contribution >= 4 is 39.8 Å². The monoisotopic (exact) mass is 443 g/mol. The number of hydrogen-bond donors (Lipinski definition) is 1. The highest BCUT2D eigenvalue weighted by atomic mass is 32.2. The van der Waals surface area contributed by atoms with E-state index in [1.165, 1.54) is 28.9 Å². The Morgan fingerprint density at radius 3 is 2.47 bits per heavy atom. The fraction of sp³-hybridized carbons (Fsp3) is 0.0833. The lowest BCUT2D eigenvalue weighted by atomic mass is 10.1. The van der Waals surface area contributed by atoms with Gasteiger partial charge in [-0.1, -0.05) is 18.2 Å². The molecule has 0 unspecified atom stereocenters. The smallest absolute Gasteiger partial charge is 0.283 e. The third kappa shape index (κ3) is 3.38. The van der Waals surface area contributed by atoms with E-state index in [1.807, 2.05) is 54.9 Å². The number of aromatic nitrogens is 1. The summed E-state index contributed by atoms with van der Waals surface area (Å²) in [6.07, 6.45) is 3.61. The molecule has 0 bridgehead atoms. The summed E-state index contributed by atoms with van der Waals surface area (Å²) in [6.45, 7) is 4.08. The molecule has 1 N–H and O–H groups in total. The molecular formula is C24H18FN5OS. The summed E-state index contributed by atoms with van der Waals surface area (Å²) >= 11 is 1.18. The van der Waals surface area contributed by atoms with Crippen molar-refractivity contribution in [3.8, 4) is 5.69 Å². The highest BCUT2D eigenvalue weighted by molar-refractivity contribution is 8.27. The molecule has 0 radical (unpaired) electrons. The molecule has 2 aliphatic heterocycles. The maximum absolute atomic E-state index is 13.3. The number of thioether (sulfide) groups is 1. The molecule has 8 heteroatoms. The number of rotatable bonds is 3. The number of hydrazone groups is 1. The van der Waals surface area contributed by atoms with Gasteiger partial charge in [-0.2, -0.15) is 15.1 Å². The SMILES string of the molecule is Cc1cccc(C)c1-n1cccc1/C=C1/C(=N)N2N=C(c3ccc(F)cc3)SC2=NC1=O. The fourth-order valence-corrected chi connectivity index (χ4v) is 4.65. The molecule has 2 aromatic carbocycles. The summed E-state index contributed by atoms with van der Waals surface area (Å²) in [4.78, 5) is 16.9. The summed E-state index contributed by atoms with van der Waals surface area (Å²) in [5.74, 6) is -0.870. The average molecular weight is 444 g/mol. The minimum absolute atomic E-state index is 0.0427. The fourth-order valence-electron chi connectivity index (χ4n) is 3.75. The predicted molar refractivity (Wildman–Crippen MR) is 126 cm³/mol. The van der Waals surface area contributed by atoms with Crippen LogP contribution >= 0.6 is 11.8 Å². The van der Waals surface area contributed by atoms with Gasteiger partial charge in [0, 0.05) is 17.5 Å². The molecule has 158 valence electrons. The lowest BCUT2D eigenvalue weighted by Gasteiger charge is -2.20. The van der Waals surface area contributed by atoms with Crippen molar-refractivity contribution in [2.24, 2.45) is 10.1 Å². The van der Waals surface area contributed by atoms with E-state index in [9.17, 15) is 9.18 Å². The molecule has 0 saturated carbocycles. The Labute approximate surface area is 188 Å². The van der Waals surface area contributed by atoms with Crippen LogP contribution in [0.25, 0.3) is 11.8 Å². The number of hydrogen-bond acceptors (Lipinski definition) is 4. The number of nitrogens with zero attached hydrogens (tertiary/aromatic N) is 4. The largest absolute Gasteiger partial charge is 0.317 e. The van der Waals surface area contributed by atoms with Gasteiger partial charge in [-0.25, -0.2) is 4.39 Å². The minimum Gasteiger partial charge on any atom is -0.317 e. The second kappa shape index (κ2) is 7.72. The van der Waals surface area contributed by atoms with Gasteiger partial charge in [0.05, 0.1) is 11.3 Å². The van der Waals surface area contributed by atoms with Gasteiger partial charge in [-0.3, -0.25) is 10.2 Å². The van der Waals surface area contributed by atoms with Gasteiger partial charge in [0.2, 0.25) is 5.17 Å². The van der Waals surface area contributed by atoms with E-state index >= 15 is 0 Å². The Morgan fingerprint density at radius 2 is 1.75 bits per heavy atom. The zero-order chi connectivity index (χ0) is 22.4. The maximum atomic E-state index is 13.3. The molecule has 2 aliphatic rings. The van der Waals surface area contributed by atoms with Crippen LogP contribution in [0.15, 0.2) is 76.5 Å². The van der Waals surface area contributed by atoms with Crippen LogP contribution in [-0.4, -0.2) is 31.5 Å². The van der Waals surface area contributed by atoms with Gasteiger partial charge in [-0.05, 0) is 79.2 Å². The quantitative estimate of drug-likeness (QED) is 0.585. The summed E-state index contributed by atoms with van der Waals surface area (Å²) in [5.41, 5.74) is 4.87. The number of nitrogens with one attached hydrogen (secondary N) is 1. The molecule has 6 nitrogen and oxygen atoms in total. The molecule has 0 aliphatic carbocycles. The van der Waals surface area contributed by atoms with Crippen molar-refractivity contribution in [2.75, 3.05) is 0 Å². The molecule has 0 spiro atoms. The number of fused-ring (bicyclic) bond motifs is 1. The lowest BCUT2D eigenvalue weighted by Crippen LogP contribution is -2.35. The molecule has 0 fully saturated rings. The molecule has 0 saturated heterocycles. The molecule has 3 heterocycles. The first kappa shape index (κ1) is 20.1. The molecule has 3 aromatic rings. The Balaban J connectivity index is 1.52. The molecule has 1 amide bonds. The molecule has 32 heavy (non-hydrogen) atoms.